The van der Waals surface area contributed by atoms with Crippen LogP contribution in [0, 0.1) is 13.8 Å². The standard InChI is InChI=1S/C22H21N5O3/c1-12-16(23-14(3)28)7-5-8-17(12)25-22(29)15-11-18(19-9-6-10-30-19)24-21-20(15)13(2)26-27(21)4/h5-11H,1-4H3,(H,23,28)(H,25,29). The van der Waals surface area contributed by atoms with Crippen molar-refractivity contribution in [2.24, 2.45) is 7.05 Å². The summed E-state index contributed by atoms with van der Waals surface area (Å²) in [5, 5.41) is 10.8. The predicted octanol–water partition coefficient (Wildman–Crippen LogP) is 4.06. The number of fused-ring (bicyclic) bond motifs is 1. The van der Waals surface area contributed by atoms with Crippen molar-refractivity contribution in [2.45, 2.75) is 20.8 Å². The highest BCUT2D eigenvalue weighted by Crippen LogP contribution is 2.29. The number of aromatic nitrogens is 3. The lowest BCUT2D eigenvalue weighted by molar-refractivity contribution is -0.114. The van der Waals surface area contributed by atoms with Gasteiger partial charge in [0.05, 0.1) is 22.9 Å². The summed E-state index contributed by atoms with van der Waals surface area (Å²) in [7, 11) is 1.79. The minimum absolute atomic E-state index is 0.175. The highest BCUT2D eigenvalue weighted by molar-refractivity contribution is 6.13. The molecule has 3 heterocycles. The zero-order chi connectivity index (χ0) is 21.4. The van der Waals surface area contributed by atoms with E-state index in [1.54, 1.807) is 54.4 Å². The Hall–Kier alpha value is -3.94. The average molecular weight is 403 g/mol. The van der Waals surface area contributed by atoms with Gasteiger partial charge in [0.15, 0.2) is 11.4 Å². The molecule has 1 aromatic carbocycles. The van der Waals surface area contributed by atoms with Crippen LogP contribution in [0.2, 0.25) is 0 Å². The summed E-state index contributed by atoms with van der Waals surface area (Å²) in [6, 6.07) is 10.6. The molecule has 0 spiro atoms. The van der Waals surface area contributed by atoms with Gasteiger partial charge in [-0.15, -0.1) is 0 Å². The molecule has 0 aliphatic heterocycles. The topological polar surface area (TPSA) is 102 Å². The fraction of sp³-hybridized carbons (Fsp3) is 0.182. The Kier molecular flexibility index (Phi) is 4.83. The van der Waals surface area contributed by atoms with Gasteiger partial charge < -0.3 is 15.1 Å². The molecule has 2 amide bonds. The molecule has 152 valence electrons. The van der Waals surface area contributed by atoms with E-state index in [4.69, 9.17) is 4.42 Å². The number of hydrogen-bond donors (Lipinski definition) is 2. The van der Waals surface area contributed by atoms with E-state index in [1.165, 1.54) is 6.92 Å². The number of rotatable bonds is 4. The minimum atomic E-state index is -0.297. The molecule has 3 aromatic heterocycles. The monoisotopic (exact) mass is 403 g/mol. The number of aryl methyl sites for hydroxylation is 2. The number of benzene rings is 1. The van der Waals surface area contributed by atoms with Gasteiger partial charge in [0.1, 0.15) is 5.69 Å². The molecule has 8 nitrogen and oxygen atoms in total. The van der Waals surface area contributed by atoms with E-state index >= 15 is 0 Å². The number of pyridine rings is 1. The number of carbonyl (C=O) groups is 2. The lowest BCUT2D eigenvalue weighted by atomic mass is 10.1. The Labute approximate surface area is 172 Å². The Morgan fingerprint density at radius 1 is 1.07 bits per heavy atom. The molecular weight excluding hydrogens is 382 g/mol. The largest absolute Gasteiger partial charge is 0.463 e. The number of nitrogens with one attached hydrogen (secondary N) is 2. The molecule has 0 atom stereocenters. The third kappa shape index (κ3) is 3.43. The van der Waals surface area contributed by atoms with E-state index in [0.29, 0.717) is 45.1 Å². The lowest BCUT2D eigenvalue weighted by Crippen LogP contribution is -2.15. The van der Waals surface area contributed by atoms with E-state index in [9.17, 15) is 9.59 Å². The van der Waals surface area contributed by atoms with Gasteiger partial charge in [-0.25, -0.2) is 4.98 Å². The second-order valence-electron chi connectivity index (χ2n) is 7.05. The molecule has 0 unspecified atom stereocenters. The van der Waals surface area contributed by atoms with Crippen LogP contribution in [0.5, 0.6) is 0 Å². The molecule has 0 radical (unpaired) electrons. The van der Waals surface area contributed by atoms with Gasteiger partial charge in [-0.1, -0.05) is 6.07 Å². The van der Waals surface area contributed by atoms with Crippen LogP contribution >= 0.6 is 0 Å². The first kappa shape index (κ1) is 19.4. The van der Waals surface area contributed by atoms with Crippen LogP contribution in [0.15, 0.2) is 47.1 Å². The number of hydrogen-bond acceptors (Lipinski definition) is 5. The van der Waals surface area contributed by atoms with Gasteiger partial charge in [-0.05, 0) is 49.7 Å². The molecule has 0 saturated heterocycles. The summed E-state index contributed by atoms with van der Waals surface area (Å²) in [6.45, 7) is 5.13. The van der Waals surface area contributed by atoms with Gasteiger partial charge in [0, 0.05) is 25.3 Å². The normalized spacial score (nSPS) is 10.9. The number of furan rings is 1. The van der Waals surface area contributed by atoms with Crippen LogP contribution in [0.4, 0.5) is 11.4 Å². The Balaban J connectivity index is 1.79. The maximum absolute atomic E-state index is 13.3. The molecular formula is C22H21N5O3. The fourth-order valence-corrected chi connectivity index (χ4v) is 3.46. The summed E-state index contributed by atoms with van der Waals surface area (Å²) < 4.78 is 7.13. The van der Waals surface area contributed by atoms with Crippen molar-refractivity contribution in [3.05, 3.63) is 59.5 Å². The van der Waals surface area contributed by atoms with E-state index in [2.05, 4.69) is 20.7 Å². The van der Waals surface area contributed by atoms with Crippen LogP contribution in [0.1, 0.15) is 28.5 Å². The fourth-order valence-electron chi connectivity index (χ4n) is 3.46. The second kappa shape index (κ2) is 7.47. The maximum Gasteiger partial charge on any atom is 0.256 e. The maximum atomic E-state index is 13.3. The van der Waals surface area contributed by atoms with E-state index in [0.717, 1.165) is 5.56 Å². The van der Waals surface area contributed by atoms with Crippen LogP contribution in [0.25, 0.3) is 22.5 Å². The third-order valence-electron chi connectivity index (χ3n) is 4.88. The van der Waals surface area contributed by atoms with Crippen LogP contribution in [-0.2, 0) is 11.8 Å². The van der Waals surface area contributed by atoms with Crippen molar-refractivity contribution in [1.82, 2.24) is 14.8 Å². The summed E-state index contributed by atoms with van der Waals surface area (Å²) in [6.07, 6.45) is 1.56. The molecule has 4 rings (SSSR count). The summed E-state index contributed by atoms with van der Waals surface area (Å²) in [5.74, 6) is 0.0921. The summed E-state index contributed by atoms with van der Waals surface area (Å²) in [5.41, 5.74) is 4.31. The number of amides is 2. The van der Waals surface area contributed by atoms with E-state index in [1.807, 2.05) is 13.8 Å². The number of nitrogens with zero attached hydrogens (tertiary/aromatic N) is 3. The molecule has 0 aliphatic rings. The molecule has 4 aromatic rings. The van der Waals surface area contributed by atoms with Gasteiger partial charge >= 0.3 is 0 Å². The summed E-state index contributed by atoms with van der Waals surface area (Å²) >= 11 is 0. The van der Waals surface area contributed by atoms with Gasteiger partial charge in [0.25, 0.3) is 5.91 Å². The molecule has 0 aliphatic carbocycles. The third-order valence-corrected chi connectivity index (χ3v) is 4.88. The summed E-state index contributed by atoms with van der Waals surface area (Å²) in [4.78, 5) is 29.4. The van der Waals surface area contributed by atoms with Crippen molar-refractivity contribution in [3.8, 4) is 11.5 Å². The Morgan fingerprint density at radius 2 is 1.80 bits per heavy atom. The van der Waals surface area contributed by atoms with Crippen LogP contribution in [-0.4, -0.2) is 26.6 Å². The minimum Gasteiger partial charge on any atom is -0.463 e. The van der Waals surface area contributed by atoms with Gasteiger partial charge in [-0.2, -0.15) is 5.10 Å². The van der Waals surface area contributed by atoms with Gasteiger partial charge in [0.2, 0.25) is 5.91 Å². The first-order valence-electron chi connectivity index (χ1n) is 9.42. The smallest absolute Gasteiger partial charge is 0.256 e. The predicted molar refractivity (Wildman–Crippen MR) is 114 cm³/mol. The average Bonchev–Trinajstić information content (AvgIpc) is 3.33. The Morgan fingerprint density at radius 3 is 2.47 bits per heavy atom. The van der Waals surface area contributed by atoms with Crippen molar-refractivity contribution in [2.75, 3.05) is 10.6 Å². The molecule has 2 N–H and O–H groups in total. The number of anilines is 2. The van der Waals surface area contributed by atoms with Crippen molar-refractivity contribution >= 4 is 34.2 Å². The molecule has 0 bridgehead atoms. The van der Waals surface area contributed by atoms with Crippen molar-refractivity contribution < 1.29 is 14.0 Å². The zero-order valence-corrected chi connectivity index (χ0v) is 17.1. The first-order chi connectivity index (χ1) is 14.3. The Bertz CT molecular complexity index is 1270. The van der Waals surface area contributed by atoms with Gasteiger partial charge in [-0.3, -0.25) is 14.3 Å². The quantitative estimate of drug-likeness (QED) is 0.535. The molecule has 8 heteroatoms. The number of carbonyl (C=O) groups excluding carboxylic acids is 2. The highest BCUT2D eigenvalue weighted by atomic mass is 16.3. The molecule has 0 saturated carbocycles. The lowest BCUT2D eigenvalue weighted by Gasteiger charge is -2.13. The van der Waals surface area contributed by atoms with Crippen molar-refractivity contribution in [3.63, 3.8) is 0 Å². The van der Waals surface area contributed by atoms with E-state index in [-0.39, 0.29) is 11.8 Å². The molecule has 0 fully saturated rings. The first-order valence-corrected chi connectivity index (χ1v) is 9.42. The van der Waals surface area contributed by atoms with Crippen LogP contribution in [0.3, 0.4) is 0 Å². The SMILES string of the molecule is CC(=O)Nc1cccc(NC(=O)c2cc(-c3ccco3)nc3c2c(C)nn3C)c1C. The van der Waals surface area contributed by atoms with Crippen LogP contribution < -0.4 is 10.6 Å². The van der Waals surface area contributed by atoms with E-state index < -0.39 is 0 Å². The zero-order valence-electron chi connectivity index (χ0n) is 17.1. The van der Waals surface area contributed by atoms with Crippen molar-refractivity contribution in [1.29, 1.82) is 0 Å². The second-order valence-corrected chi connectivity index (χ2v) is 7.05. The molecule has 30 heavy (non-hydrogen) atoms. The highest BCUT2D eigenvalue weighted by Gasteiger charge is 2.21.